The Bertz CT molecular complexity index is 982. The maximum Gasteiger partial charge on any atom is 0.315 e. The van der Waals surface area contributed by atoms with Crippen molar-refractivity contribution in [2.45, 2.75) is 13.8 Å². The highest BCUT2D eigenvalue weighted by Crippen LogP contribution is 2.40. The quantitative estimate of drug-likeness (QED) is 0.174. The Morgan fingerprint density at radius 3 is 2.59 bits per heavy atom. The van der Waals surface area contributed by atoms with Gasteiger partial charge in [-0.2, -0.15) is 4.73 Å². The number of rotatable bonds is 3. The van der Waals surface area contributed by atoms with Crippen LogP contribution in [0.5, 0.6) is 11.5 Å². The summed E-state index contributed by atoms with van der Waals surface area (Å²) in [7, 11) is 0. The van der Waals surface area contributed by atoms with Gasteiger partial charge in [0, 0.05) is 24.1 Å². The van der Waals surface area contributed by atoms with Crippen molar-refractivity contribution in [2.24, 2.45) is 0 Å². The molecule has 0 bridgehead atoms. The van der Waals surface area contributed by atoms with E-state index in [1.165, 1.54) is 18.1 Å². The van der Waals surface area contributed by atoms with Crippen LogP contribution in [0.15, 0.2) is 18.3 Å². The Balaban J connectivity index is 2.08. The maximum atomic E-state index is 12.1. The Morgan fingerprint density at radius 2 is 1.96 bits per heavy atom. The summed E-state index contributed by atoms with van der Waals surface area (Å²) in [5.41, 5.74) is 2.85. The topological polar surface area (TPSA) is 135 Å². The van der Waals surface area contributed by atoms with E-state index in [1.807, 2.05) is 0 Å². The molecule has 0 radical (unpaired) electrons. The lowest BCUT2D eigenvalue weighted by atomic mass is 10.1. The summed E-state index contributed by atoms with van der Waals surface area (Å²) < 4.78 is 0.455. The minimum Gasteiger partial charge on any atom is -0.617 e. The molecule has 12 heteroatoms. The van der Waals surface area contributed by atoms with E-state index < -0.39 is 22.1 Å². The fraction of sp³-hybridized carbons (Fsp3) is 0.133. The highest BCUT2D eigenvalue weighted by atomic mass is 35.5. The Hall–Kier alpha value is -2.95. The van der Waals surface area contributed by atoms with Gasteiger partial charge < -0.3 is 20.3 Å². The van der Waals surface area contributed by atoms with Crippen molar-refractivity contribution >= 4 is 40.3 Å². The number of halogens is 2. The first-order chi connectivity index (χ1) is 12.6. The molecular weight excluding hydrogens is 403 g/mol. The number of hydrazine groups is 1. The zero-order valence-corrected chi connectivity index (χ0v) is 15.4. The van der Waals surface area contributed by atoms with Gasteiger partial charge in [0.1, 0.15) is 5.02 Å². The second-order valence-electron chi connectivity index (χ2n) is 5.64. The number of aromatic nitrogens is 1. The van der Waals surface area contributed by atoms with E-state index in [0.29, 0.717) is 10.3 Å². The molecule has 27 heavy (non-hydrogen) atoms. The van der Waals surface area contributed by atoms with Crippen molar-refractivity contribution < 1.29 is 24.7 Å². The van der Waals surface area contributed by atoms with Gasteiger partial charge in [-0.05, 0) is 24.6 Å². The molecule has 0 aliphatic carbocycles. The van der Waals surface area contributed by atoms with E-state index in [0.717, 1.165) is 12.1 Å². The number of nitro benzene ring substituents is 1. The normalized spacial score (nSPS) is 13.5. The van der Waals surface area contributed by atoms with Gasteiger partial charge >= 0.3 is 10.8 Å². The van der Waals surface area contributed by atoms with Gasteiger partial charge in [0.2, 0.25) is 11.4 Å². The lowest BCUT2D eigenvalue weighted by Gasteiger charge is -2.18. The van der Waals surface area contributed by atoms with Crippen LogP contribution in [0.3, 0.4) is 0 Å². The first kappa shape index (κ1) is 18.8. The van der Waals surface area contributed by atoms with Gasteiger partial charge in [0.15, 0.2) is 17.2 Å². The molecule has 0 saturated heterocycles. The molecule has 1 aromatic carbocycles. The molecule has 1 aliphatic rings. The largest absolute Gasteiger partial charge is 0.617 e. The van der Waals surface area contributed by atoms with Crippen molar-refractivity contribution in [3.05, 3.63) is 60.7 Å². The smallest absolute Gasteiger partial charge is 0.315 e. The van der Waals surface area contributed by atoms with E-state index in [9.17, 15) is 25.5 Å². The third-order valence-corrected chi connectivity index (χ3v) is 4.86. The molecule has 3 N–H and O–H groups in total. The number of nitrogens with one attached hydrogen (secondary N) is 1. The van der Waals surface area contributed by atoms with E-state index in [-0.39, 0.29) is 32.9 Å². The summed E-state index contributed by atoms with van der Waals surface area (Å²) >= 11 is 12.3. The Labute approximate surface area is 162 Å². The molecule has 0 fully saturated rings. The standard InChI is InChI=1S/C15H12Cl2N4O6/c1-6-12(16)7(2)20(24)15(17)13(6)19-5-11(27-18-19)8-3-9(21(25)26)14(23)10(22)4-8/h3-5,18,22-23H,1-2H3. The summed E-state index contributed by atoms with van der Waals surface area (Å²) in [6.45, 7) is 3.17. The summed E-state index contributed by atoms with van der Waals surface area (Å²) in [6, 6.07) is 2.11. The number of nitro groups is 1. The van der Waals surface area contributed by atoms with Crippen molar-refractivity contribution in [3.8, 4) is 11.5 Å². The van der Waals surface area contributed by atoms with Crippen molar-refractivity contribution in [2.75, 3.05) is 5.01 Å². The van der Waals surface area contributed by atoms with Gasteiger partial charge in [-0.3, -0.25) is 10.1 Å². The molecule has 2 heterocycles. The number of hydrogen-bond acceptors (Lipinski definition) is 8. The van der Waals surface area contributed by atoms with E-state index in [2.05, 4.69) is 5.59 Å². The molecule has 0 spiro atoms. The summed E-state index contributed by atoms with van der Waals surface area (Å²) in [6.07, 6.45) is 1.36. The van der Waals surface area contributed by atoms with Gasteiger partial charge in [0.05, 0.1) is 11.1 Å². The second-order valence-corrected chi connectivity index (χ2v) is 6.37. The van der Waals surface area contributed by atoms with Crippen LogP contribution < -0.4 is 15.3 Å². The van der Waals surface area contributed by atoms with Crippen LogP contribution in [0, 0.1) is 29.2 Å². The average Bonchev–Trinajstić information content (AvgIpc) is 3.10. The fourth-order valence-electron chi connectivity index (χ4n) is 2.54. The van der Waals surface area contributed by atoms with Crippen molar-refractivity contribution in [3.63, 3.8) is 0 Å². The minimum atomic E-state index is -0.858. The van der Waals surface area contributed by atoms with Crippen LogP contribution in [0.4, 0.5) is 11.4 Å². The maximum absolute atomic E-state index is 12.1. The molecule has 142 valence electrons. The molecule has 10 nitrogen and oxygen atoms in total. The van der Waals surface area contributed by atoms with Gasteiger partial charge in [-0.15, -0.1) is 0 Å². The molecule has 1 aromatic heterocycles. The van der Waals surface area contributed by atoms with Crippen LogP contribution >= 0.6 is 23.2 Å². The zero-order valence-electron chi connectivity index (χ0n) is 13.9. The molecule has 0 saturated carbocycles. The van der Waals surface area contributed by atoms with Crippen LogP contribution in [0.2, 0.25) is 10.2 Å². The Morgan fingerprint density at radius 1 is 1.30 bits per heavy atom. The average molecular weight is 415 g/mol. The van der Waals surface area contributed by atoms with Crippen LogP contribution in [0.25, 0.3) is 5.76 Å². The second kappa shape index (κ2) is 6.65. The molecular formula is C15H12Cl2N4O6. The van der Waals surface area contributed by atoms with E-state index >= 15 is 0 Å². The number of phenolic OH excluding ortho intramolecular Hbond substituents is 2. The number of phenols is 2. The van der Waals surface area contributed by atoms with E-state index in [1.54, 1.807) is 6.92 Å². The van der Waals surface area contributed by atoms with Crippen LogP contribution in [0.1, 0.15) is 16.8 Å². The first-order valence-corrected chi connectivity index (χ1v) is 8.11. The number of hydrogen-bond donors (Lipinski definition) is 3. The van der Waals surface area contributed by atoms with Crippen molar-refractivity contribution in [1.29, 1.82) is 0 Å². The lowest BCUT2D eigenvalue weighted by Crippen LogP contribution is -2.37. The summed E-state index contributed by atoms with van der Waals surface area (Å²) in [5, 5.41) is 43.7. The molecule has 1 aliphatic heterocycles. The number of anilines is 1. The fourth-order valence-corrected chi connectivity index (χ4v) is 3.07. The number of pyridine rings is 1. The SMILES string of the molecule is Cc1c(Cl)c(C)[n+]([O-])c(Cl)c1N1C=C(c2cc(O)c(O)c([N+](=O)[O-])c2)ON1. The van der Waals surface area contributed by atoms with Gasteiger partial charge in [-0.25, -0.2) is 5.01 Å². The summed E-state index contributed by atoms with van der Waals surface area (Å²) in [5.74, 6) is -1.48. The molecule has 0 atom stereocenters. The van der Waals surface area contributed by atoms with Gasteiger partial charge in [0.25, 0.3) is 0 Å². The Kier molecular flexibility index (Phi) is 4.64. The van der Waals surface area contributed by atoms with Crippen molar-refractivity contribution in [1.82, 2.24) is 5.59 Å². The highest BCUT2D eigenvalue weighted by Gasteiger charge is 2.30. The van der Waals surface area contributed by atoms with Crippen LogP contribution in [-0.4, -0.2) is 15.1 Å². The predicted octanol–water partition coefficient (Wildman–Crippen LogP) is 2.82. The first-order valence-electron chi connectivity index (χ1n) is 7.35. The van der Waals surface area contributed by atoms with Gasteiger partial charge in [-0.1, -0.05) is 17.2 Å². The minimum absolute atomic E-state index is 0.0676. The highest BCUT2D eigenvalue weighted by molar-refractivity contribution is 6.34. The zero-order chi connectivity index (χ0) is 20.0. The number of benzene rings is 1. The monoisotopic (exact) mass is 414 g/mol. The van der Waals surface area contributed by atoms with E-state index in [4.69, 9.17) is 28.0 Å². The predicted molar refractivity (Wildman–Crippen MR) is 96.0 cm³/mol. The molecule has 0 amide bonds. The lowest BCUT2D eigenvalue weighted by molar-refractivity contribution is -0.609. The molecule has 2 aromatic rings. The third-order valence-electron chi connectivity index (χ3n) is 3.97. The number of nitrogens with zero attached hydrogens (tertiary/aromatic N) is 3. The summed E-state index contributed by atoms with van der Waals surface area (Å²) in [4.78, 5) is 15.4. The molecule has 0 unspecified atom stereocenters. The molecule has 3 rings (SSSR count). The van der Waals surface area contributed by atoms with Crippen LogP contribution in [-0.2, 0) is 4.84 Å². The third kappa shape index (κ3) is 3.03. The number of aromatic hydroxyl groups is 2.